The SMILES string of the molecule is COCCc1noc(CN2C[C@H](O)C[C@H]2c2ccc(F)c(F)c2)n1. The number of hydrogen-bond donors (Lipinski definition) is 1. The predicted molar refractivity (Wildman–Crippen MR) is 80.0 cm³/mol. The molecule has 2 heterocycles. The van der Waals surface area contributed by atoms with Crippen LogP contribution in [0, 0.1) is 11.6 Å². The molecule has 0 amide bonds. The summed E-state index contributed by atoms with van der Waals surface area (Å²) >= 11 is 0. The van der Waals surface area contributed by atoms with Crippen LogP contribution in [-0.2, 0) is 17.7 Å². The number of aliphatic hydroxyl groups is 1. The van der Waals surface area contributed by atoms with Crippen molar-refractivity contribution in [2.75, 3.05) is 20.3 Å². The highest BCUT2D eigenvalue weighted by molar-refractivity contribution is 5.23. The van der Waals surface area contributed by atoms with E-state index in [0.29, 0.717) is 49.8 Å². The molecule has 8 heteroatoms. The van der Waals surface area contributed by atoms with Crippen molar-refractivity contribution < 1.29 is 23.1 Å². The zero-order chi connectivity index (χ0) is 17.1. The summed E-state index contributed by atoms with van der Waals surface area (Å²) in [6, 6.07) is 3.57. The summed E-state index contributed by atoms with van der Waals surface area (Å²) < 4.78 is 36.8. The molecule has 130 valence electrons. The van der Waals surface area contributed by atoms with Crippen molar-refractivity contribution in [1.82, 2.24) is 15.0 Å². The number of rotatable bonds is 6. The van der Waals surface area contributed by atoms with Crippen LogP contribution in [0.2, 0.25) is 0 Å². The van der Waals surface area contributed by atoms with Gasteiger partial charge in [0.25, 0.3) is 0 Å². The second kappa shape index (κ2) is 7.33. The summed E-state index contributed by atoms with van der Waals surface area (Å²) in [6.45, 7) is 1.24. The van der Waals surface area contributed by atoms with Gasteiger partial charge in [-0.05, 0) is 24.1 Å². The van der Waals surface area contributed by atoms with Crippen LogP contribution in [-0.4, -0.2) is 46.5 Å². The van der Waals surface area contributed by atoms with Gasteiger partial charge in [0, 0.05) is 26.1 Å². The molecule has 0 spiro atoms. The Morgan fingerprint density at radius 1 is 1.38 bits per heavy atom. The lowest BCUT2D eigenvalue weighted by molar-refractivity contribution is 0.164. The summed E-state index contributed by atoms with van der Waals surface area (Å²) in [5, 5.41) is 13.8. The maximum Gasteiger partial charge on any atom is 0.240 e. The van der Waals surface area contributed by atoms with Gasteiger partial charge in [0.1, 0.15) is 0 Å². The van der Waals surface area contributed by atoms with Crippen molar-refractivity contribution >= 4 is 0 Å². The van der Waals surface area contributed by atoms with Crippen molar-refractivity contribution in [3.8, 4) is 0 Å². The van der Waals surface area contributed by atoms with Gasteiger partial charge in [0.15, 0.2) is 17.5 Å². The minimum Gasteiger partial charge on any atom is -0.392 e. The predicted octanol–water partition coefficient (Wildman–Crippen LogP) is 1.84. The van der Waals surface area contributed by atoms with Crippen molar-refractivity contribution in [2.24, 2.45) is 0 Å². The fraction of sp³-hybridized carbons (Fsp3) is 0.500. The van der Waals surface area contributed by atoms with Crippen LogP contribution in [0.3, 0.4) is 0 Å². The standard InChI is InChI=1S/C16H19F2N3O3/c1-23-5-4-15-19-16(24-20-15)9-21-8-11(22)7-14(21)10-2-3-12(17)13(18)6-10/h2-3,6,11,14,22H,4-5,7-9H2,1H3/t11-,14+/m1/s1. The van der Waals surface area contributed by atoms with E-state index in [-0.39, 0.29) is 6.04 Å². The normalized spacial score (nSPS) is 21.5. The summed E-state index contributed by atoms with van der Waals surface area (Å²) in [5.41, 5.74) is 0.615. The van der Waals surface area contributed by atoms with E-state index in [1.165, 1.54) is 12.1 Å². The fourth-order valence-electron chi connectivity index (χ4n) is 2.94. The highest BCUT2D eigenvalue weighted by Gasteiger charge is 2.33. The first-order valence-corrected chi connectivity index (χ1v) is 7.74. The summed E-state index contributed by atoms with van der Waals surface area (Å²) in [6.07, 6.45) is 0.448. The molecule has 0 unspecified atom stereocenters. The Hall–Kier alpha value is -1.90. The van der Waals surface area contributed by atoms with Gasteiger partial charge in [0.2, 0.25) is 5.89 Å². The Labute approximate surface area is 138 Å². The third-order valence-corrected chi connectivity index (χ3v) is 4.09. The van der Waals surface area contributed by atoms with Gasteiger partial charge in [-0.15, -0.1) is 0 Å². The Balaban J connectivity index is 1.73. The molecule has 0 aliphatic carbocycles. The quantitative estimate of drug-likeness (QED) is 0.866. The zero-order valence-corrected chi connectivity index (χ0v) is 13.3. The second-order valence-corrected chi connectivity index (χ2v) is 5.86. The fourth-order valence-corrected chi connectivity index (χ4v) is 2.94. The Morgan fingerprint density at radius 3 is 2.96 bits per heavy atom. The first-order valence-electron chi connectivity index (χ1n) is 7.74. The van der Waals surface area contributed by atoms with Gasteiger partial charge in [-0.25, -0.2) is 8.78 Å². The van der Waals surface area contributed by atoms with E-state index in [9.17, 15) is 13.9 Å². The number of ether oxygens (including phenoxy) is 1. The lowest BCUT2D eigenvalue weighted by Crippen LogP contribution is -2.24. The molecule has 2 aromatic rings. The summed E-state index contributed by atoms with van der Waals surface area (Å²) in [5.74, 6) is -0.809. The minimum absolute atomic E-state index is 0.232. The molecule has 1 saturated heterocycles. The molecular weight excluding hydrogens is 320 g/mol. The molecule has 1 aromatic carbocycles. The van der Waals surface area contributed by atoms with Crippen LogP contribution < -0.4 is 0 Å². The number of hydrogen-bond acceptors (Lipinski definition) is 6. The molecule has 1 aliphatic heterocycles. The Bertz CT molecular complexity index is 695. The highest BCUT2D eigenvalue weighted by atomic mass is 19.2. The third-order valence-electron chi connectivity index (χ3n) is 4.09. The summed E-state index contributed by atoms with van der Waals surface area (Å²) in [7, 11) is 1.60. The number of halogens is 2. The third kappa shape index (κ3) is 3.77. The lowest BCUT2D eigenvalue weighted by Gasteiger charge is -2.22. The average Bonchev–Trinajstić information content (AvgIpc) is 3.15. The lowest BCUT2D eigenvalue weighted by atomic mass is 10.0. The van der Waals surface area contributed by atoms with E-state index in [1.54, 1.807) is 7.11 Å². The van der Waals surface area contributed by atoms with E-state index in [4.69, 9.17) is 9.26 Å². The topological polar surface area (TPSA) is 71.6 Å². The van der Waals surface area contributed by atoms with Gasteiger partial charge < -0.3 is 14.4 Å². The smallest absolute Gasteiger partial charge is 0.240 e. The van der Waals surface area contributed by atoms with Crippen molar-refractivity contribution in [3.63, 3.8) is 0 Å². The highest BCUT2D eigenvalue weighted by Crippen LogP contribution is 2.33. The van der Waals surface area contributed by atoms with E-state index >= 15 is 0 Å². The molecule has 3 rings (SSSR count). The van der Waals surface area contributed by atoms with E-state index in [0.717, 1.165) is 6.07 Å². The number of β-amino-alcohol motifs (C(OH)–C–C–N with tert-alkyl or cyclic N) is 1. The first kappa shape index (κ1) is 16.9. The average molecular weight is 339 g/mol. The number of nitrogens with zero attached hydrogens (tertiary/aromatic N) is 3. The molecule has 1 N–H and O–H groups in total. The minimum atomic E-state index is -0.895. The van der Waals surface area contributed by atoms with Gasteiger partial charge >= 0.3 is 0 Å². The van der Waals surface area contributed by atoms with Crippen molar-refractivity contribution in [1.29, 1.82) is 0 Å². The van der Waals surface area contributed by atoms with Crippen LogP contribution in [0.25, 0.3) is 0 Å². The maximum absolute atomic E-state index is 13.5. The number of aliphatic hydroxyl groups excluding tert-OH is 1. The number of benzene rings is 1. The zero-order valence-electron chi connectivity index (χ0n) is 13.3. The molecule has 0 bridgehead atoms. The van der Waals surface area contributed by atoms with Crippen LogP contribution in [0.4, 0.5) is 8.78 Å². The van der Waals surface area contributed by atoms with E-state index in [2.05, 4.69) is 10.1 Å². The van der Waals surface area contributed by atoms with Crippen LogP contribution in [0.5, 0.6) is 0 Å². The van der Waals surface area contributed by atoms with Crippen LogP contribution in [0.15, 0.2) is 22.7 Å². The molecular formula is C16H19F2N3O3. The Morgan fingerprint density at radius 2 is 2.21 bits per heavy atom. The maximum atomic E-state index is 13.5. The number of likely N-dealkylation sites (tertiary alicyclic amines) is 1. The molecule has 0 saturated carbocycles. The Kier molecular flexibility index (Phi) is 5.17. The monoisotopic (exact) mass is 339 g/mol. The number of methoxy groups -OCH3 is 1. The molecule has 0 radical (unpaired) electrons. The number of aromatic nitrogens is 2. The molecule has 1 fully saturated rings. The first-order chi connectivity index (χ1) is 11.6. The largest absolute Gasteiger partial charge is 0.392 e. The van der Waals surface area contributed by atoms with E-state index < -0.39 is 17.7 Å². The second-order valence-electron chi connectivity index (χ2n) is 5.86. The van der Waals surface area contributed by atoms with Gasteiger partial charge in [-0.1, -0.05) is 11.2 Å². The molecule has 2 atom stereocenters. The molecule has 24 heavy (non-hydrogen) atoms. The van der Waals surface area contributed by atoms with Gasteiger partial charge in [-0.2, -0.15) is 4.98 Å². The molecule has 1 aromatic heterocycles. The van der Waals surface area contributed by atoms with Crippen molar-refractivity contribution in [3.05, 3.63) is 47.1 Å². The molecule has 6 nitrogen and oxygen atoms in total. The van der Waals surface area contributed by atoms with Gasteiger partial charge in [0.05, 0.1) is 19.3 Å². The molecule has 1 aliphatic rings. The summed E-state index contributed by atoms with van der Waals surface area (Å²) in [4.78, 5) is 6.20. The van der Waals surface area contributed by atoms with Crippen molar-refractivity contribution in [2.45, 2.75) is 31.5 Å². The van der Waals surface area contributed by atoms with Crippen LogP contribution in [0.1, 0.15) is 29.7 Å². The van der Waals surface area contributed by atoms with E-state index in [1.807, 2.05) is 4.90 Å². The van der Waals surface area contributed by atoms with Gasteiger partial charge in [-0.3, -0.25) is 4.90 Å². The van der Waals surface area contributed by atoms with Crippen LogP contribution >= 0.6 is 0 Å².